The van der Waals surface area contributed by atoms with E-state index in [1.807, 2.05) is 4.57 Å². The number of hydrogen-bond acceptors (Lipinski definition) is 4. The topological polar surface area (TPSA) is 72.7 Å². The van der Waals surface area contributed by atoms with Gasteiger partial charge in [0.2, 0.25) is 5.91 Å². The fraction of sp³-hybridized carbons (Fsp3) is 0.333. The number of nitrogens with one attached hydrogen (secondary N) is 1. The highest BCUT2D eigenvalue weighted by Crippen LogP contribution is 2.16. The van der Waals surface area contributed by atoms with E-state index >= 15 is 0 Å². The molecule has 2 aromatic rings. The molecule has 2 heterocycles. The minimum absolute atomic E-state index is 0.0583. The largest absolute Gasteiger partial charge is 0.355 e. The number of fused-ring (bicyclic) bond motifs is 1. The Morgan fingerprint density at radius 3 is 3.06 bits per heavy atom. The number of hydrogen-bond donors (Lipinski definition) is 1. The van der Waals surface area contributed by atoms with E-state index in [1.54, 1.807) is 6.33 Å². The number of nitrogens with zero attached hydrogens (tertiary/aromatic N) is 4. The fourth-order valence-electron chi connectivity index (χ4n) is 1.37. The summed E-state index contributed by atoms with van der Waals surface area (Å²) in [5.74, 6) is -0.0583. The molecule has 0 radical (unpaired) electrons. The van der Waals surface area contributed by atoms with Crippen LogP contribution in [0.5, 0.6) is 0 Å². The van der Waals surface area contributed by atoms with E-state index in [1.165, 1.54) is 13.3 Å². The van der Waals surface area contributed by atoms with Crippen molar-refractivity contribution in [2.75, 3.05) is 6.54 Å². The Labute approximate surface area is 96.7 Å². The molecule has 0 saturated carbocycles. The number of aromatic nitrogens is 4. The van der Waals surface area contributed by atoms with Crippen molar-refractivity contribution < 1.29 is 4.79 Å². The van der Waals surface area contributed by atoms with Crippen molar-refractivity contribution in [2.45, 2.75) is 13.5 Å². The van der Waals surface area contributed by atoms with Crippen LogP contribution in [0.25, 0.3) is 11.2 Å². The molecule has 0 aliphatic heterocycles. The van der Waals surface area contributed by atoms with Gasteiger partial charge in [0.25, 0.3) is 0 Å². The van der Waals surface area contributed by atoms with Gasteiger partial charge in [-0.05, 0) is 0 Å². The third-order valence-corrected chi connectivity index (χ3v) is 2.36. The van der Waals surface area contributed by atoms with Crippen LogP contribution >= 0.6 is 11.6 Å². The molecular formula is C9H10ClN5O. The second-order valence-electron chi connectivity index (χ2n) is 3.26. The second kappa shape index (κ2) is 4.44. The average Bonchev–Trinajstić information content (AvgIpc) is 2.63. The first kappa shape index (κ1) is 10.8. The highest BCUT2D eigenvalue weighted by atomic mass is 35.5. The molecule has 0 aliphatic carbocycles. The van der Waals surface area contributed by atoms with Crippen LogP contribution in [0.15, 0.2) is 12.7 Å². The molecule has 0 unspecified atom stereocenters. The Kier molecular flexibility index (Phi) is 3.00. The fourth-order valence-corrected chi connectivity index (χ4v) is 1.55. The zero-order valence-corrected chi connectivity index (χ0v) is 9.40. The number of amides is 1. The molecule has 7 heteroatoms. The Bertz CT molecular complexity index is 524. The van der Waals surface area contributed by atoms with Crippen LogP contribution in [0, 0.1) is 0 Å². The van der Waals surface area contributed by atoms with Gasteiger partial charge in [0.15, 0.2) is 10.8 Å². The van der Waals surface area contributed by atoms with Gasteiger partial charge in [-0.25, -0.2) is 15.0 Å². The number of halogens is 1. The van der Waals surface area contributed by atoms with Gasteiger partial charge in [-0.3, -0.25) is 4.79 Å². The van der Waals surface area contributed by atoms with E-state index in [-0.39, 0.29) is 5.91 Å². The minimum atomic E-state index is -0.0583. The summed E-state index contributed by atoms with van der Waals surface area (Å²) in [6, 6.07) is 0. The zero-order valence-electron chi connectivity index (χ0n) is 8.64. The first-order chi connectivity index (χ1) is 7.68. The first-order valence-corrected chi connectivity index (χ1v) is 5.12. The first-order valence-electron chi connectivity index (χ1n) is 4.74. The van der Waals surface area contributed by atoms with Crippen molar-refractivity contribution in [3.05, 3.63) is 17.8 Å². The third-order valence-electron chi connectivity index (χ3n) is 2.08. The normalized spacial score (nSPS) is 10.6. The summed E-state index contributed by atoms with van der Waals surface area (Å²) >= 11 is 5.86. The van der Waals surface area contributed by atoms with Gasteiger partial charge >= 0.3 is 0 Å². The van der Waals surface area contributed by atoms with Crippen molar-refractivity contribution in [3.8, 4) is 0 Å². The van der Waals surface area contributed by atoms with Gasteiger partial charge in [0.05, 0.1) is 6.33 Å². The maximum atomic E-state index is 10.7. The SMILES string of the molecule is CC(=O)NCCn1cnc2c(Cl)ncnc21. The molecule has 16 heavy (non-hydrogen) atoms. The van der Waals surface area contributed by atoms with Crippen molar-refractivity contribution >= 4 is 28.7 Å². The van der Waals surface area contributed by atoms with Gasteiger partial charge in [0, 0.05) is 20.0 Å². The summed E-state index contributed by atoms with van der Waals surface area (Å²) in [4.78, 5) is 22.7. The van der Waals surface area contributed by atoms with Crippen molar-refractivity contribution in [2.24, 2.45) is 0 Å². The molecule has 6 nitrogen and oxygen atoms in total. The molecule has 0 fully saturated rings. The van der Waals surface area contributed by atoms with E-state index in [0.29, 0.717) is 29.4 Å². The second-order valence-corrected chi connectivity index (χ2v) is 3.62. The highest BCUT2D eigenvalue weighted by molar-refractivity contribution is 6.33. The van der Waals surface area contributed by atoms with Gasteiger partial charge in [-0.15, -0.1) is 0 Å². The number of carbonyl (C=O) groups excluding carboxylic acids is 1. The molecule has 0 aromatic carbocycles. The van der Waals surface area contributed by atoms with Crippen LogP contribution in [0.1, 0.15) is 6.92 Å². The van der Waals surface area contributed by atoms with Crippen LogP contribution in [-0.2, 0) is 11.3 Å². The van der Waals surface area contributed by atoms with Crippen LogP contribution in [0.4, 0.5) is 0 Å². The lowest BCUT2D eigenvalue weighted by molar-refractivity contribution is -0.118. The number of rotatable bonds is 3. The quantitative estimate of drug-likeness (QED) is 0.797. The lowest BCUT2D eigenvalue weighted by atomic mass is 10.5. The predicted molar refractivity (Wildman–Crippen MR) is 59.0 cm³/mol. The van der Waals surface area contributed by atoms with E-state index in [2.05, 4.69) is 20.3 Å². The lowest BCUT2D eigenvalue weighted by Gasteiger charge is -2.03. The Balaban J connectivity index is 2.19. The highest BCUT2D eigenvalue weighted by Gasteiger charge is 2.07. The number of imidazole rings is 1. The molecule has 1 N–H and O–H groups in total. The monoisotopic (exact) mass is 239 g/mol. The van der Waals surface area contributed by atoms with Crippen molar-refractivity contribution in [1.82, 2.24) is 24.8 Å². The molecule has 0 saturated heterocycles. The summed E-state index contributed by atoms with van der Waals surface area (Å²) in [7, 11) is 0. The molecule has 1 amide bonds. The molecule has 0 bridgehead atoms. The van der Waals surface area contributed by atoms with Gasteiger partial charge in [-0.2, -0.15) is 0 Å². The molecular weight excluding hydrogens is 230 g/mol. The van der Waals surface area contributed by atoms with Crippen molar-refractivity contribution in [3.63, 3.8) is 0 Å². The maximum absolute atomic E-state index is 10.7. The number of carbonyl (C=O) groups is 1. The zero-order chi connectivity index (χ0) is 11.5. The molecule has 0 atom stereocenters. The van der Waals surface area contributed by atoms with E-state index in [0.717, 1.165) is 0 Å². The Morgan fingerprint density at radius 2 is 2.31 bits per heavy atom. The van der Waals surface area contributed by atoms with Gasteiger partial charge < -0.3 is 9.88 Å². The standard InChI is InChI=1S/C9H10ClN5O/c1-6(16)11-2-3-15-5-14-7-8(10)12-4-13-9(7)15/h4-5H,2-3H2,1H3,(H,11,16). The molecule has 0 spiro atoms. The average molecular weight is 240 g/mol. The minimum Gasteiger partial charge on any atom is -0.355 e. The summed E-state index contributed by atoms with van der Waals surface area (Å²) in [6.45, 7) is 2.61. The van der Waals surface area contributed by atoms with Crippen LogP contribution in [0.3, 0.4) is 0 Å². The van der Waals surface area contributed by atoms with E-state index in [4.69, 9.17) is 11.6 Å². The Hall–Kier alpha value is -1.69. The smallest absolute Gasteiger partial charge is 0.216 e. The third kappa shape index (κ3) is 2.11. The van der Waals surface area contributed by atoms with Gasteiger partial charge in [0.1, 0.15) is 11.8 Å². The van der Waals surface area contributed by atoms with Crippen LogP contribution < -0.4 is 5.32 Å². The van der Waals surface area contributed by atoms with Gasteiger partial charge in [-0.1, -0.05) is 11.6 Å². The van der Waals surface area contributed by atoms with E-state index in [9.17, 15) is 4.79 Å². The van der Waals surface area contributed by atoms with E-state index < -0.39 is 0 Å². The summed E-state index contributed by atoms with van der Waals surface area (Å²) in [6.07, 6.45) is 3.02. The lowest BCUT2D eigenvalue weighted by Crippen LogP contribution is -2.24. The molecule has 84 valence electrons. The van der Waals surface area contributed by atoms with Crippen molar-refractivity contribution in [1.29, 1.82) is 0 Å². The molecule has 2 rings (SSSR count). The Morgan fingerprint density at radius 1 is 1.50 bits per heavy atom. The summed E-state index contributed by atoms with van der Waals surface area (Å²) < 4.78 is 1.82. The maximum Gasteiger partial charge on any atom is 0.216 e. The molecule has 2 aromatic heterocycles. The summed E-state index contributed by atoms with van der Waals surface area (Å²) in [5.41, 5.74) is 1.25. The van der Waals surface area contributed by atoms with Crippen LogP contribution in [0.2, 0.25) is 5.15 Å². The molecule has 0 aliphatic rings. The predicted octanol–water partition coefficient (Wildman–Crippen LogP) is 0.616. The van der Waals surface area contributed by atoms with Crippen LogP contribution in [-0.4, -0.2) is 32.0 Å². The summed E-state index contributed by atoms with van der Waals surface area (Å²) in [5, 5.41) is 3.04.